The number of rotatable bonds is 6. The number of nitrogens with zero attached hydrogens (tertiary/aromatic N) is 4. The molecule has 3 rings (SSSR count). The first-order chi connectivity index (χ1) is 14.2. The lowest BCUT2D eigenvalue weighted by Gasteiger charge is -2.32. The lowest BCUT2D eigenvalue weighted by atomic mass is 9.99. The minimum atomic E-state index is -4.53. The third-order valence-electron chi connectivity index (χ3n) is 5.76. The summed E-state index contributed by atoms with van der Waals surface area (Å²) in [7, 11) is 0. The molecule has 166 valence electrons. The number of fused-ring (bicyclic) bond motifs is 1. The summed E-state index contributed by atoms with van der Waals surface area (Å²) >= 11 is 0. The first-order valence-corrected chi connectivity index (χ1v) is 10.7. The van der Waals surface area contributed by atoms with Gasteiger partial charge in [0.1, 0.15) is 5.82 Å². The Hall–Kier alpha value is -2.19. The highest BCUT2D eigenvalue weighted by Gasteiger charge is 2.39. The van der Waals surface area contributed by atoms with Crippen LogP contribution in [0.1, 0.15) is 68.7 Å². The van der Waals surface area contributed by atoms with E-state index in [0.29, 0.717) is 43.8 Å². The van der Waals surface area contributed by atoms with Crippen LogP contribution in [0, 0.1) is 5.92 Å². The molecule has 9 heteroatoms. The van der Waals surface area contributed by atoms with E-state index in [1.165, 1.54) is 0 Å². The predicted octanol–water partition coefficient (Wildman–Crippen LogP) is 3.37. The molecular weight excluding hydrogens is 397 g/mol. The first kappa shape index (κ1) is 22.5. The van der Waals surface area contributed by atoms with Crippen molar-refractivity contribution in [3.05, 3.63) is 22.8 Å². The van der Waals surface area contributed by atoms with E-state index in [4.69, 9.17) is 0 Å². The predicted molar refractivity (Wildman–Crippen MR) is 104 cm³/mol. The molecular formula is C21H29F3N4O2. The molecule has 3 heterocycles. The molecule has 1 aromatic heterocycles. The van der Waals surface area contributed by atoms with E-state index in [0.717, 1.165) is 13.0 Å². The van der Waals surface area contributed by atoms with Gasteiger partial charge in [-0.05, 0) is 31.6 Å². The van der Waals surface area contributed by atoms with Crippen LogP contribution in [0.5, 0.6) is 0 Å². The van der Waals surface area contributed by atoms with Crippen molar-refractivity contribution in [3.63, 3.8) is 0 Å². The zero-order valence-electron chi connectivity index (χ0n) is 17.6. The van der Waals surface area contributed by atoms with E-state index in [2.05, 4.69) is 16.9 Å². The van der Waals surface area contributed by atoms with Crippen molar-refractivity contribution in [2.24, 2.45) is 5.92 Å². The number of piperidine rings is 1. The molecule has 1 saturated heterocycles. The van der Waals surface area contributed by atoms with Crippen molar-refractivity contribution < 1.29 is 22.8 Å². The Kier molecular flexibility index (Phi) is 6.98. The average molecular weight is 426 g/mol. The summed E-state index contributed by atoms with van der Waals surface area (Å²) in [6.07, 6.45) is -1.13. The van der Waals surface area contributed by atoms with E-state index in [-0.39, 0.29) is 49.1 Å². The highest BCUT2D eigenvalue weighted by molar-refractivity contribution is 5.78. The largest absolute Gasteiger partial charge is 0.433 e. The zero-order valence-corrected chi connectivity index (χ0v) is 17.6. The third-order valence-corrected chi connectivity index (χ3v) is 5.76. The summed E-state index contributed by atoms with van der Waals surface area (Å²) in [5.41, 5.74) is -0.444. The second-order valence-electron chi connectivity index (χ2n) is 8.31. The van der Waals surface area contributed by atoms with Gasteiger partial charge in [-0.3, -0.25) is 9.59 Å². The van der Waals surface area contributed by atoms with Gasteiger partial charge in [-0.15, -0.1) is 0 Å². The highest BCUT2D eigenvalue weighted by Crippen LogP contribution is 2.34. The second-order valence-corrected chi connectivity index (χ2v) is 8.31. The van der Waals surface area contributed by atoms with Crippen LogP contribution in [0.15, 0.2) is 0 Å². The van der Waals surface area contributed by atoms with Crippen LogP contribution in [0.4, 0.5) is 13.2 Å². The standard InChI is InChI=1S/C21H29F3N4O2/c1-3-5-17-25-16-13-28(11-9-15(16)20(26-17)21(22,23)24)18(29)6-4-10-27-12-14(2)7-8-19(27)30/h14H,3-13H2,1-2H3/t14-/m1/s1. The third kappa shape index (κ3) is 5.29. The Morgan fingerprint density at radius 1 is 1.23 bits per heavy atom. The Morgan fingerprint density at radius 2 is 2.00 bits per heavy atom. The van der Waals surface area contributed by atoms with Gasteiger partial charge >= 0.3 is 6.18 Å². The molecule has 2 aliphatic rings. The number of aromatic nitrogens is 2. The molecule has 0 aromatic carbocycles. The van der Waals surface area contributed by atoms with Crippen molar-refractivity contribution in [1.82, 2.24) is 19.8 Å². The number of likely N-dealkylation sites (tertiary alicyclic amines) is 1. The minimum absolute atomic E-state index is 0.0795. The summed E-state index contributed by atoms with van der Waals surface area (Å²) in [4.78, 5) is 36.1. The highest BCUT2D eigenvalue weighted by atomic mass is 19.4. The van der Waals surface area contributed by atoms with E-state index in [9.17, 15) is 22.8 Å². The van der Waals surface area contributed by atoms with E-state index >= 15 is 0 Å². The van der Waals surface area contributed by atoms with E-state index in [1.54, 1.807) is 4.90 Å². The number of amides is 2. The van der Waals surface area contributed by atoms with Gasteiger partial charge in [0.25, 0.3) is 0 Å². The Labute approximate surface area is 174 Å². The van der Waals surface area contributed by atoms with E-state index in [1.807, 2.05) is 11.8 Å². The van der Waals surface area contributed by atoms with Gasteiger partial charge in [0.05, 0.1) is 12.2 Å². The molecule has 2 amide bonds. The minimum Gasteiger partial charge on any atom is -0.342 e. The van der Waals surface area contributed by atoms with E-state index < -0.39 is 11.9 Å². The maximum absolute atomic E-state index is 13.5. The first-order valence-electron chi connectivity index (χ1n) is 10.7. The topological polar surface area (TPSA) is 66.4 Å². The van der Waals surface area contributed by atoms with Gasteiger partial charge in [-0.1, -0.05) is 13.8 Å². The van der Waals surface area contributed by atoms with Crippen molar-refractivity contribution in [1.29, 1.82) is 0 Å². The van der Waals surface area contributed by atoms with Gasteiger partial charge in [0.15, 0.2) is 5.69 Å². The van der Waals surface area contributed by atoms with Crippen LogP contribution in [0.2, 0.25) is 0 Å². The monoisotopic (exact) mass is 426 g/mol. The molecule has 0 saturated carbocycles. The van der Waals surface area contributed by atoms with Crippen LogP contribution < -0.4 is 0 Å². The zero-order chi connectivity index (χ0) is 21.9. The van der Waals surface area contributed by atoms with Gasteiger partial charge in [-0.2, -0.15) is 13.2 Å². The summed E-state index contributed by atoms with van der Waals surface area (Å²) in [5.74, 6) is 0.669. The second kappa shape index (κ2) is 9.31. The van der Waals surface area contributed by atoms with Crippen LogP contribution in [-0.4, -0.2) is 51.2 Å². The number of halogens is 3. The van der Waals surface area contributed by atoms with Gasteiger partial charge in [0, 0.05) is 44.5 Å². The molecule has 1 fully saturated rings. The van der Waals surface area contributed by atoms with Gasteiger partial charge in [-0.25, -0.2) is 9.97 Å². The summed E-state index contributed by atoms with van der Waals surface area (Å²) in [6.45, 7) is 5.54. The quantitative estimate of drug-likeness (QED) is 0.700. The normalized spacial score (nSPS) is 19.8. The molecule has 0 radical (unpaired) electrons. The molecule has 0 unspecified atom stereocenters. The summed E-state index contributed by atoms with van der Waals surface area (Å²) < 4.78 is 40.4. The van der Waals surface area contributed by atoms with Crippen molar-refractivity contribution >= 4 is 11.8 Å². The molecule has 6 nitrogen and oxygen atoms in total. The number of carbonyl (C=O) groups excluding carboxylic acids is 2. The van der Waals surface area contributed by atoms with Gasteiger partial charge < -0.3 is 9.80 Å². The number of carbonyl (C=O) groups is 2. The van der Waals surface area contributed by atoms with Crippen molar-refractivity contribution in [2.75, 3.05) is 19.6 Å². The molecule has 1 aromatic rings. The molecule has 0 spiro atoms. The molecule has 1 atom stereocenters. The van der Waals surface area contributed by atoms with Crippen LogP contribution >= 0.6 is 0 Å². The lowest BCUT2D eigenvalue weighted by Crippen LogP contribution is -2.41. The molecule has 2 aliphatic heterocycles. The fourth-order valence-corrected chi connectivity index (χ4v) is 4.16. The SMILES string of the molecule is CCCc1nc2c(c(C(F)(F)F)n1)CCN(C(=O)CCCN1C[C@H](C)CCC1=O)C2. The fraction of sp³-hybridized carbons (Fsp3) is 0.714. The van der Waals surface area contributed by atoms with Crippen LogP contribution in [0.25, 0.3) is 0 Å². The number of hydrogen-bond donors (Lipinski definition) is 0. The summed E-state index contributed by atoms with van der Waals surface area (Å²) in [6, 6.07) is 0. The molecule has 30 heavy (non-hydrogen) atoms. The van der Waals surface area contributed by atoms with Crippen molar-refractivity contribution in [3.8, 4) is 0 Å². The molecule has 0 N–H and O–H groups in total. The maximum Gasteiger partial charge on any atom is 0.433 e. The number of aryl methyl sites for hydroxylation is 1. The van der Waals surface area contributed by atoms with Crippen LogP contribution in [-0.2, 0) is 35.2 Å². The van der Waals surface area contributed by atoms with Gasteiger partial charge in [0.2, 0.25) is 11.8 Å². The smallest absolute Gasteiger partial charge is 0.342 e. The number of hydrogen-bond acceptors (Lipinski definition) is 4. The maximum atomic E-state index is 13.5. The van der Waals surface area contributed by atoms with Crippen molar-refractivity contribution in [2.45, 2.75) is 71.5 Å². The fourth-order valence-electron chi connectivity index (χ4n) is 4.16. The Morgan fingerprint density at radius 3 is 2.70 bits per heavy atom. The Bertz CT molecular complexity index is 797. The molecule has 0 aliphatic carbocycles. The Balaban J connectivity index is 1.63. The lowest BCUT2D eigenvalue weighted by molar-refractivity contribution is -0.142. The summed E-state index contributed by atoms with van der Waals surface area (Å²) in [5, 5.41) is 0. The number of alkyl halides is 3. The average Bonchev–Trinajstić information content (AvgIpc) is 2.69. The van der Waals surface area contributed by atoms with Crippen LogP contribution in [0.3, 0.4) is 0 Å². The molecule has 0 bridgehead atoms.